The number of rotatable bonds is 12. The third-order valence-electron chi connectivity index (χ3n) is 7.59. The van der Waals surface area contributed by atoms with Crippen molar-refractivity contribution >= 4 is 44.0 Å². The van der Waals surface area contributed by atoms with Crippen LogP contribution < -0.4 is 20.5 Å². The summed E-state index contributed by atoms with van der Waals surface area (Å²) in [6, 6.07) is 19.1. The van der Waals surface area contributed by atoms with E-state index in [-0.39, 0.29) is 28.7 Å². The molecule has 0 saturated heterocycles. The average Bonchev–Trinajstić information content (AvgIpc) is 3.91. The topological polar surface area (TPSA) is 161 Å². The number of alkyl halides is 3. The molecule has 1 atom stereocenters. The number of aromatic nitrogens is 1. The van der Waals surface area contributed by atoms with Crippen molar-refractivity contribution in [3.05, 3.63) is 84.1 Å². The van der Waals surface area contributed by atoms with Crippen molar-refractivity contribution in [2.45, 2.75) is 68.6 Å². The summed E-state index contributed by atoms with van der Waals surface area (Å²) in [6.07, 6.45) is -2.15. The van der Waals surface area contributed by atoms with Crippen molar-refractivity contribution in [3.63, 3.8) is 0 Å². The van der Waals surface area contributed by atoms with Crippen LogP contribution in [0, 0.1) is 0 Å². The minimum absolute atomic E-state index is 0.0572. The molecule has 0 spiro atoms. The normalized spacial score (nSPS) is 13.6. The number of carbonyl (C=O) groups excluding carboxylic acids is 1. The van der Waals surface area contributed by atoms with Gasteiger partial charge in [0.2, 0.25) is 5.91 Å². The van der Waals surface area contributed by atoms with Gasteiger partial charge in [-0.1, -0.05) is 24.3 Å². The highest BCUT2D eigenvalue weighted by molar-refractivity contribution is 7.92. The monoisotopic (exact) mass is 716 g/mol. The molecule has 50 heavy (non-hydrogen) atoms. The SMILES string of the molecule is CCOc1cc(C(Nc2ccc3c(N)nccc3c2)C(=O)N(C)Cc2ccccc2S(=O)(=O)C2CC2)ccc1OC(C)C.O=C(O)C(F)(F)F. The lowest BCUT2D eigenvalue weighted by molar-refractivity contribution is -0.192. The number of ether oxygens (including phenoxy) is 2. The van der Waals surface area contributed by atoms with Crippen LogP contribution >= 0.6 is 0 Å². The summed E-state index contributed by atoms with van der Waals surface area (Å²) in [7, 11) is -1.75. The minimum Gasteiger partial charge on any atom is -0.490 e. The van der Waals surface area contributed by atoms with Crippen LogP contribution in [0.15, 0.2) is 77.8 Å². The fourth-order valence-electron chi connectivity index (χ4n) is 5.09. The van der Waals surface area contributed by atoms with Gasteiger partial charge in [-0.05, 0) is 92.6 Å². The number of aliphatic carboxylic acids is 1. The maximum Gasteiger partial charge on any atom is 0.490 e. The molecule has 5 rings (SSSR count). The number of carboxylic acid groups (broad SMARTS) is 1. The fraction of sp³-hybridized carbons (Fsp3) is 0.343. The zero-order chi connectivity index (χ0) is 36.8. The molecule has 1 heterocycles. The molecule has 3 aromatic carbocycles. The Morgan fingerprint density at radius 2 is 1.74 bits per heavy atom. The Morgan fingerprint density at radius 1 is 1.06 bits per heavy atom. The smallest absolute Gasteiger partial charge is 0.490 e. The van der Waals surface area contributed by atoms with Crippen LogP contribution in [0.5, 0.6) is 11.5 Å². The van der Waals surface area contributed by atoms with E-state index in [4.69, 9.17) is 25.1 Å². The molecule has 268 valence electrons. The predicted octanol–water partition coefficient (Wildman–Crippen LogP) is 6.38. The number of nitrogens with one attached hydrogen (secondary N) is 1. The Hall–Kier alpha value is -5.05. The van der Waals surface area contributed by atoms with Crippen molar-refractivity contribution in [2.24, 2.45) is 0 Å². The first kappa shape index (κ1) is 37.8. The van der Waals surface area contributed by atoms with Gasteiger partial charge in [0, 0.05) is 30.9 Å². The number of likely N-dealkylation sites (N-methyl/N-ethyl adjacent to an activating group) is 1. The Bertz CT molecular complexity index is 1950. The molecule has 1 saturated carbocycles. The Kier molecular flexibility index (Phi) is 11.8. The maximum absolute atomic E-state index is 14.2. The molecule has 15 heteroatoms. The molecule has 4 aromatic rings. The number of benzene rings is 3. The van der Waals surface area contributed by atoms with E-state index >= 15 is 0 Å². The number of nitrogens with two attached hydrogens (primary N) is 1. The summed E-state index contributed by atoms with van der Waals surface area (Å²) in [5.74, 6) is -1.44. The van der Waals surface area contributed by atoms with Gasteiger partial charge in [0.1, 0.15) is 11.9 Å². The molecule has 1 fully saturated rings. The number of nitrogens with zero attached hydrogens (tertiary/aromatic N) is 2. The molecule has 1 unspecified atom stereocenters. The summed E-state index contributed by atoms with van der Waals surface area (Å²) in [5.41, 5.74) is 8.03. The quantitative estimate of drug-likeness (QED) is 0.150. The van der Waals surface area contributed by atoms with Crippen LogP contribution in [0.3, 0.4) is 0 Å². The molecule has 11 nitrogen and oxygen atoms in total. The number of carboxylic acids is 1. The van der Waals surface area contributed by atoms with Crippen molar-refractivity contribution in [2.75, 3.05) is 24.7 Å². The van der Waals surface area contributed by atoms with Gasteiger partial charge in [-0.2, -0.15) is 13.2 Å². The van der Waals surface area contributed by atoms with Crippen LogP contribution in [-0.2, 0) is 26.0 Å². The number of pyridine rings is 1. The summed E-state index contributed by atoms with van der Waals surface area (Å²) in [5, 5.41) is 11.9. The molecule has 1 aliphatic rings. The summed E-state index contributed by atoms with van der Waals surface area (Å²) >= 11 is 0. The van der Waals surface area contributed by atoms with Crippen LogP contribution in [0.4, 0.5) is 24.7 Å². The van der Waals surface area contributed by atoms with E-state index in [2.05, 4.69) is 10.3 Å². The van der Waals surface area contributed by atoms with Crippen molar-refractivity contribution < 1.29 is 45.8 Å². The maximum atomic E-state index is 14.2. The fourth-order valence-corrected chi connectivity index (χ4v) is 6.98. The summed E-state index contributed by atoms with van der Waals surface area (Å²) < 4.78 is 69.9. The number of halogens is 3. The van der Waals surface area contributed by atoms with Crippen molar-refractivity contribution in [1.82, 2.24) is 9.88 Å². The molecule has 1 aromatic heterocycles. The van der Waals surface area contributed by atoms with Gasteiger partial charge in [0.05, 0.1) is 22.9 Å². The highest BCUT2D eigenvalue weighted by atomic mass is 32.2. The molecule has 0 bridgehead atoms. The second-order valence-corrected chi connectivity index (χ2v) is 14.1. The zero-order valence-corrected chi connectivity index (χ0v) is 28.7. The lowest BCUT2D eigenvalue weighted by Gasteiger charge is -2.27. The van der Waals surface area contributed by atoms with E-state index in [1.807, 2.05) is 63.2 Å². The number of hydrogen-bond acceptors (Lipinski definition) is 9. The van der Waals surface area contributed by atoms with E-state index in [1.165, 1.54) is 0 Å². The Labute approximate surface area is 288 Å². The lowest BCUT2D eigenvalue weighted by atomic mass is 10.0. The van der Waals surface area contributed by atoms with Gasteiger partial charge in [-0.3, -0.25) is 4.79 Å². The number of carbonyl (C=O) groups is 2. The second kappa shape index (κ2) is 15.7. The van der Waals surface area contributed by atoms with Gasteiger partial charge in [-0.25, -0.2) is 18.2 Å². The van der Waals surface area contributed by atoms with Crippen LogP contribution in [0.25, 0.3) is 10.8 Å². The van der Waals surface area contributed by atoms with Gasteiger partial charge in [-0.15, -0.1) is 0 Å². The number of nitrogen functional groups attached to an aromatic ring is 1. The van der Waals surface area contributed by atoms with Gasteiger partial charge >= 0.3 is 12.1 Å². The molecular weight excluding hydrogens is 677 g/mol. The molecule has 0 radical (unpaired) electrons. The number of anilines is 2. The van der Waals surface area contributed by atoms with E-state index < -0.39 is 28.0 Å². The van der Waals surface area contributed by atoms with Crippen molar-refractivity contribution in [3.8, 4) is 11.5 Å². The van der Waals surface area contributed by atoms with E-state index in [0.717, 1.165) is 10.8 Å². The number of sulfone groups is 1. The Balaban J connectivity index is 0.000000727. The largest absolute Gasteiger partial charge is 0.490 e. The highest BCUT2D eigenvalue weighted by Crippen LogP contribution is 2.36. The van der Waals surface area contributed by atoms with E-state index in [9.17, 15) is 26.4 Å². The van der Waals surface area contributed by atoms with Crippen LogP contribution in [0.1, 0.15) is 50.8 Å². The molecule has 1 aliphatic carbocycles. The van der Waals surface area contributed by atoms with Crippen LogP contribution in [-0.4, -0.2) is 66.5 Å². The van der Waals surface area contributed by atoms with Gasteiger partial charge < -0.3 is 30.5 Å². The highest BCUT2D eigenvalue weighted by Gasteiger charge is 2.39. The first-order chi connectivity index (χ1) is 23.5. The number of fused-ring (bicyclic) bond motifs is 1. The average molecular weight is 717 g/mol. The number of hydrogen-bond donors (Lipinski definition) is 3. The summed E-state index contributed by atoms with van der Waals surface area (Å²) in [6.45, 7) is 6.33. The lowest BCUT2D eigenvalue weighted by Crippen LogP contribution is -2.35. The second-order valence-electron chi connectivity index (χ2n) is 11.9. The molecule has 0 aliphatic heterocycles. The molecular formula is C35H39F3N4O7S. The van der Waals surface area contributed by atoms with Gasteiger partial charge in [0.25, 0.3) is 0 Å². The van der Waals surface area contributed by atoms with Crippen molar-refractivity contribution in [1.29, 1.82) is 0 Å². The first-order valence-electron chi connectivity index (χ1n) is 15.7. The van der Waals surface area contributed by atoms with Gasteiger partial charge in [0.15, 0.2) is 21.3 Å². The van der Waals surface area contributed by atoms with E-state index in [1.54, 1.807) is 42.4 Å². The minimum atomic E-state index is -5.08. The predicted molar refractivity (Wildman–Crippen MR) is 183 cm³/mol. The third kappa shape index (κ3) is 9.34. The summed E-state index contributed by atoms with van der Waals surface area (Å²) in [4.78, 5) is 29.1. The third-order valence-corrected chi connectivity index (χ3v) is 9.95. The van der Waals surface area contributed by atoms with Crippen LogP contribution in [0.2, 0.25) is 0 Å². The number of amides is 1. The first-order valence-corrected chi connectivity index (χ1v) is 17.3. The van der Waals surface area contributed by atoms with E-state index in [0.29, 0.717) is 53.6 Å². The Morgan fingerprint density at radius 3 is 2.36 bits per heavy atom. The molecule has 1 amide bonds. The standard InChI is InChI=1S/C33H38N4O5S.C2HF3O2/c1-5-41-29-19-23(10-15-28(29)42-21(2)3)31(36-25-11-14-27-22(18-25)16-17-35-32(27)34)33(38)37(4)20-24-8-6-7-9-30(24)43(39,40)26-12-13-26;3-2(4,5)1(6)7/h6-11,14-19,21,26,31,36H,5,12-13,20H2,1-4H3,(H2,34,35);(H,6,7). The molecule has 4 N–H and O–H groups in total. The zero-order valence-electron chi connectivity index (χ0n) is 27.9.